The normalized spacial score (nSPS) is 11.2. The van der Waals surface area contributed by atoms with Gasteiger partial charge in [-0.25, -0.2) is 0 Å². The molecule has 4 aromatic carbocycles. The average Bonchev–Trinajstić information content (AvgIpc) is 2.79. The minimum absolute atomic E-state index is 1.01. The fraction of sp³-hybridized carbons (Fsp3) is 0.0345. The molecule has 0 amide bonds. The number of aryl methyl sites for hydroxylation is 1. The van der Waals surface area contributed by atoms with Crippen LogP contribution in [-0.4, -0.2) is 0 Å². The Balaban J connectivity index is 2.03. The van der Waals surface area contributed by atoms with Gasteiger partial charge < -0.3 is 0 Å². The van der Waals surface area contributed by atoms with Crippen molar-refractivity contribution in [2.75, 3.05) is 0 Å². The summed E-state index contributed by atoms with van der Waals surface area (Å²) in [6.07, 6.45) is 0. The summed E-state index contributed by atoms with van der Waals surface area (Å²) in [5, 5.41) is 0. The van der Waals surface area contributed by atoms with Crippen LogP contribution in [0.1, 0.15) is 27.8 Å². The van der Waals surface area contributed by atoms with Gasteiger partial charge in [-0.2, -0.15) is 0 Å². The molecule has 0 fully saturated rings. The monoisotopic (exact) mass is 370 g/mol. The van der Waals surface area contributed by atoms with Crippen LogP contribution in [0, 0.1) is 18.8 Å². The van der Waals surface area contributed by atoms with E-state index < -0.39 is 0 Å². The maximum Gasteiger partial charge on any atom is 0.0406 e. The average molecular weight is 370 g/mol. The van der Waals surface area contributed by atoms with Crippen LogP contribution in [0.15, 0.2) is 115 Å². The van der Waals surface area contributed by atoms with E-state index in [1.165, 1.54) is 22.3 Å². The summed E-state index contributed by atoms with van der Waals surface area (Å²) in [5.41, 5.74) is 7.95. The Labute approximate surface area is 173 Å². The number of allylic oxidation sites excluding steroid dienone is 1. The summed E-state index contributed by atoms with van der Waals surface area (Å²) in [7, 11) is 0. The van der Waals surface area contributed by atoms with Crippen molar-refractivity contribution in [2.24, 2.45) is 0 Å². The van der Waals surface area contributed by atoms with Crippen molar-refractivity contribution < 1.29 is 0 Å². The molecule has 0 heteroatoms. The van der Waals surface area contributed by atoms with Gasteiger partial charge in [0.15, 0.2) is 0 Å². The molecule has 4 aromatic rings. The van der Waals surface area contributed by atoms with Crippen molar-refractivity contribution in [3.63, 3.8) is 0 Å². The molecule has 0 atom stereocenters. The molecule has 0 radical (unpaired) electrons. The van der Waals surface area contributed by atoms with Gasteiger partial charge in [-0.1, -0.05) is 115 Å². The molecule has 4 rings (SSSR count). The summed E-state index contributed by atoms with van der Waals surface area (Å²) in [5.74, 6) is 6.88. The Morgan fingerprint density at radius 3 is 1.69 bits per heavy atom. The molecule has 0 N–H and O–H groups in total. The molecular weight excluding hydrogens is 348 g/mol. The molecule has 0 aliphatic carbocycles. The van der Waals surface area contributed by atoms with E-state index in [1.807, 2.05) is 36.4 Å². The fourth-order valence-electron chi connectivity index (χ4n) is 3.43. The lowest BCUT2D eigenvalue weighted by Crippen LogP contribution is -1.96. The van der Waals surface area contributed by atoms with Crippen LogP contribution in [0.3, 0.4) is 0 Å². The summed E-state index contributed by atoms with van der Waals surface area (Å²) >= 11 is 0. The molecule has 0 aromatic heterocycles. The van der Waals surface area contributed by atoms with E-state index in [9.17, 15) is 0 Å². The van der Waals surface area contributed by atoms with Gasteiger partial charge in [-0.3, -0.25) is 0 Å². The van der Waals surface area contributed by atoms with Gasteiger partial charge in [0.2, 0.25) is 0 Å². The Hall–Kier alpha value is -3.82. The first-order chi connectivity index (χ1) is 14.3. The van der Waals surface area contributed by atoms with Crippen LogP contribution in [0.4, 0.5) is 0 Å². The number of hydrogen-bond acceptors (Lipinski definition) is 0. The molecule has 0 bridgehead atoms. The lowest BCUT2D eigenvalue weighted by molar-refractivity contribution is 1.41. The summed E-state index contributed by atoms with van der Waals surface area (Å²) < 4.78 is 0. The van der Waals surface area contributed by atoms with E-state index in [1.54, 1.807) is 0 Å². The van der Waals surface area contributed by atoms with Gasteiger partial charge in [0.1, 0.15) is 0 Å². The zero-order chi connectivity index (χ0) is 19.9. The standard InChI is InChI=1S/C29H22/c1-23-13-11-12-20-27(23)29(26-18-9-4-10-19-26)28(25-16-7-3-8-17-25)22-21-24-14-5-2-6-15-24/h2-20H,1H3/b29-28+. The quantitative estimate of drug-likeness (QED) is 0.269. The van der Waals surface area contributed by atoms with Gasteiger partial charge in [0, 0.05) is 16.7 Å². The second kappa shape index (κ2) is 8.91. The van der Waals surface area contributed by atoms with Crippen molar-refractivity contribution >= 4 is 11.1 Å². The van der Waals surface area contributed by atoms with E-state index in [0.717, 1.165) is 16.7 Å². The van der Waals surface area contributed by atoms with Gasteiger partial charge >= 0.3 is 0 Å². The highest BCUT2D eigenvalue weighted by Crippen LogP contribution is 2.33. The maximum atomic E-state index is 3.51. The van der Waals surface area contributed by atoms with Crippen LogP contribution in [0.25, 0.3) is 11.1 Å². The van der Waals surface area contributed by atoms with E-state index >= 15 is 0 Å². The number of rotatable bonds is 3. The van der Waals surface area contributed by atoms with Gasteiger partial charge in [0.25, 0.3) is 0 Å². The highest BCUT2D eigenvalue weighted by molar-refractivity contribution is 6.05. The second-order valence-electron chi connectivity index (χ2n) is 6.91. The summed E-state index contributed by atoms with van der Waals surface area (Å²) in [6, 6.07) is 39.7. The largest absolute Gasteiger partial charge is 0.0622 e. The molecule has 0 aliphatic rings. The Morgan fingerprint density at radius 1 is 0.552 bits per heavy atom. The summed E-state index contributed by atoms with van der Waals surface area (Å²) in [6.45, 7) is 2.16. The molecule has 29 heavy (non-hydrogen) atoms. The topological polar surface area (TPSA) is 0 Å². The van der Waals surface area contributed by atoms with Crippen LogP contribution < -0.4 is 0 Å². The first kappa shape index (κ1) is 18.5. The zero-order valence-corrected chi connectivity index (χ0v) is 16.5. The highest BCUT2D eigenvalue weighted by Gasteiger charge is 2.14. The molecule has 0 aliphatic heterocycles. The van der Waals surface area contributed by atoms with Gasteiger partial charge in [-0.15, -0.1) is 0 Å². The van der Waals surface area contributed by atoms with Crippen LogP contribution in [0.5, 0.6) is 0 Å². The smallest absolute Gasteiger partial charge is 0.0406 e. The minimum Gasteiger partial charge on any atom is -0.0622 e. The Morgan fingerprint density at radius 2 is 1.07 bits per heavy atom. The van der Waals surface area contributed by atoms with E-state index in [0.29, 0.717) is 0 Å². The Kier molecular flexibility index (Phi) is 5.70. The van der Waals surface area contributed by atoms with E-state index in [2.05, 4.69) is 97.6 Å². The van der Waals surface area contributed by atoms with Gasteiger partial charge in [0.05, 0.1) is 0 Å². The van der Waals surface area contributed by atoms with Crippen LogP contribution in [0.2, 0.25) is 0 Å². The lowest BCUT2D eigenvalue weighted by atomic mass is 9.87. The minimum atomic E-state index is 1.01. The SMILES string of the molecule is Cc1ccccc1/C(=C(\C#Cc1ccccc1)c1ccccc1)c1ccccc1. The molecule has 138 valence electrons. The molecular formula is C29H22. The number of benzene rings is 4. The van der Waals surface area contributed by atoms with Gasteiger partial charge in [-0.05, 0) is 41.3 Å². The van der Waals surface area contributed by atoms with Crippen molar-refractivity contribution in [1.29, 1.82) is 0 Å². The highest BCUT2D eigenvalue weighted by atomic mass is 14.2. The van der Waals surface area contributed by atoms with Crippen molar-refractivity contribution in [3.8, 4) is 11.8 Å². The van der Waals surface area contributed by atoms with Crippen molar-refractivity contribution in [3.05, 3.63) is 143 Å². The molecule has 0 heterocycles. The predicted octanol–water partition coefficient (Wildman–Crippen LogP) is 7.01. The molecule has 0 saturated heterocycles. The second-order valence-corrected chi connectivity index (χ2v) is 6.91. The first-order valence-corrected chi connectivity index (χ1v) is 9.81. The van der Waals surface area contributed by atoms with Crippen molar-refractivity contribution in [2.45, 2.75) is 6.92 Å². The van der Waals surface area contributed by atoms with E-state index in [4.69, 9.17) is 0 Å². The molecule has 0 saturated carbocycles. The lowest BCUT2D eigenvalue weighted by Gasteiger charge is -2.15. The summed E-state index contributed by atoms with van der Waals surface area (Å²) in [4.78, 5) is 0. The third-order valence-corrected chi connectivity index (χ3v) is 4.89. The predicted molar refractivity (Wildman–Crippen MR) is 123 cm³/mol. The number of hydrogen-bond donors (Lipinski definition) is 0. The maximum absolute atomic E-state index is 3.51. The van der Waals surface area contributed by atoms with Crippen LogP contribution in [-0.2, 0) is 0 Å². The third-order valence-electron chi connectivity index (χ3n) is 4.89. The van der Waals surface area contributed by atoms with Crippen molar-refractivity contribution in [1.82, 2.24) is 0 Å². The van der Waals surface area contributed by atoms with Crippen LogP contribution >= 0.6 is 0 Å². The fourth-order valence-corrected chi connectivity index (χ4v) is 3.43. The zero-order valence-electron chi connectivity index (χ0n) is 16.5. The molecule has 0 spiro atoms. The molecule has 0 nitrogen and oxygen atoms in total. The Bertz CT molecular complexity index is 1170. The first-order valence-electron chi connectivity index (χ1n) is 9.81. The van der Waals surface area contributed by atoms with E-state index in [-0.39, 0.29) is 0 Å². The third kappa shape index (κ3) is 4.37. The molecule has 0 unspecified atom stereocenters.